The van der Waals surface area contributed by atoms with Gasteiger partial charge in [-0.2, -0.15) is 0 Å². The number of rotatable bonds is 6. The molecule has 8 heteroatoms. The van der Waals surface area contributed by atoms with Gasteiger partial charge in [-0.25, -0.2) is 4.98 Å². The second-order valence-corrected chi connectivity index (χ2v) is 7.63. The quantitative estimate of drug-likeness (QED) is 0.497. The van der Waals surface area contributed by atoms with E-state index in [1.165, 1.54) is 7.11 Å². The second-order valence-electron chi connectivity index (χ2n) is 6.68. The highest BCUT2D eigenvalue weighted by Crippen LogP contribution is 2.36. The summed E-state index contributed by atoms with van der Waals surface area (Å²) in [5.74, 6) is -0.628. The third-order valence-electron chi connectivity index (χ3n) is 4.62. The lowest BCUT2D eigenvalue weighted by Gasteiger charge is -2.12. The molecule has 1 aliphatic rings. The number of para-hydroxylation sites is 2. The highest BCUT2D eigenvalue weighted by atomic mass is 32.2. The van der Waals surface area contributed by atoms with E-state index in [0.29, 0.717) is 21.8 Å². The minimum Gasteiger partial charge on any atom is -0.496 e. The van der Waals surface area contributed by atoms with Gasteiger partial charge < -0.3 is 4.74 Å². The van der Waals surface area contributed by atoms with Crippen molar-refractivity contribution in [3.8, 4) is 5.75 Å². The van der Waals surface area contributed by atoms with Gasteiger partial charge in [0, 0.05) is 6.04 Å². The van der Waals surface area contributed by atoms with Crippen LogP contribution in [0.25, 0.3) is 10.9 Å². The number of fused-ring (bicyclic) bond motifs is 1. The molecule has 1 saturated carbocycles. The summed E-state index contributed by atoms with van der Waals surface area (Å²) in [7, 11) is 1.46. The molecule has 2 aromatic carbocycles. The molecule has 1 fully saturated rings. The number of benzene rings is 2. The molecular formula is C21H19N3O4S. The topological polar surface area (TPSA) is 90.3 Å². The van der Waals surface area contributed by atoms with Gasteiger partial charge in [-0.15, -0.1) is 0 Å². The van der Waals surface area contributed by atoms with E-state index < -0.39 is 11.8 Å². The molecule has 3 aromatic rings. The molecule has 1 heterocycles. The molecule has 0 unspecified atom stereocenters. The van der Waals surface area contributed by atoms with E-state index in [9.17, 15) is 14.4 Å². The van der Waals surface area contributed by atoms with Crippen LogP contribution in [0.2, 0.25) is 0 Å². The van der Waals surface area contributed by atoms with Crippen LogP contribution in [0.15, 0.2) is 58.5 Å². The van der Waals surface area contributed by atoms with E-state index in [4.69, 9.17) is 4.74 Å². The van der Waals surface area contributed by atoms with E-state index >= 15 is 0 Å². The smallest absolute Gasteiger partial charge is 0.262 e. The van der Waals surface area contributed by atoms with Crippen molar-refractivity contribution in [2.24, 2.45) is 0 Å². The van der Waals surface area contributed by atoms with E-state index in [1.807, 2.05) is 12.1 Å². The Hall–Kier alpha value is -3.13. The van der Waals surface area contributed by atoms with Crippen LogP contribution in [-0.2, 0) is 4.79 Å². The largest absolute Gasteiger partial charge is 0.496 e. The zero-order chi connectivity index (χ0) is 20.4. The maximum Gasteiger partial charge on any atom is 0.262 e. The maximum atomic E-state index is 12.8. The fourth-order valence-corrected chi connectivity index (χ4v) is 3.94. The number of nitrogens with one attached hydrogen (secondary N) is 1. The molecule has 7 nitrogen and oxygen atoms in total. The van der Waals surface area contributed by atoms with E-state index in [-0.39, 0.29) is 22.9 Å². The Bertz CT molecular complexity index is 1150. The average Bonchev–Trinajstić information content (AvgIpc) is 3.57. The molecule has 4 rings (SSSR count). The van der Waals surface area contributed by atoms with Gasteiger partial charge in [0.05, 0.1) is 29.3 Å². The summed E-state index contributed by atoms with van der Waals surface area (Å²) in [5.41, 5.74) is 0.792. The first-order chi connectivity index (χ1) is 14.1. The predicted octanol–water partition coefficient (Wildman–Crippen LogP) is 2.79. The molecule has 1 N–H and O–H groups in total. The second kappa shape index (κ2) is 8.08. The third-order valence-corrected chi connectivity index (χ3v) is 5.58. The van der Waals surface area contributed by atoms with Gasteiger partial charge in [0.1, 0.15) is 5.75 Å². The van der Waals surface area contributed by atoms with Crippen LogP contribution in [0.5, 0.6) is 5.75 Å². The maximum absolute atomic E-state index is 12.8. The molecule has 2 amide bonds. The first-order valence-electron chi connectivity index (χ1n) is 9.19. The fourth-order valence-electron chi connectivity index (χ4n) is 3.07. The Morgan fingerprint density at radius 3 is 2.66 bits per heavy atom. The monoisotopic (exact) mass is 409 g/mol. The number of hydrogen-bond donors (Lipinski definition) is 1. The minimum absolute atomic E-state index is 0.0294. The van der Waals surface area contributed by atoms with Crippen molar-refractivity contribution in [1.29, 1.82) is 0 Å². The van der Waals surface area contributed by atoms with Gasteiger partial charge in [0.15, 0.2) is 5.16 Å². The van der Waals surface area contributed by atoms with Gasteiger partial charge >= 0.3 is 0 Å². The fraction of sp³-hybridized carbons (Fsp3) is 0.238. The molecule has 0 atom stereocenters. The van der Waals surface area contributed by atoms with Crippen molar-refractivity contribution in [2.75, 3.05) is 12.9 Å². The van der Waals surface area contributed by atoms with Crippen molar-refractivity contribution in [3.05, 3.63) is 64.4 Å². The standard InChI is InChI=1S/C21H19N3O4S/c1-28-17-9-5-3-7-15(17)19(26)23-18(25)12-29-21-22-16-8-4-2-6-14(16)20(27)24(21)13-10-11-13/h2-9,13H,10-12H2,1H3,(H,23,25,26). The molecule has 1 aromatic heterocycles. The van der Waals surface area contributed by atoms with Crippen molar-refractivity contribution in [1.82, 2.24) is 14.9 Å². The Morgan fingerprint density at radius 1 is 1.17 bits per heavy atom. The number of ether oxygens (including phenoxy) is 1. The first kappa shape index (κ1) is 19.2. The highest BCUT2D eigenvalue weighted by Gasteiger charge is 2.29. The van der Waals surface area contributed by atoms with Crippen molar-refractivity contribution < 1.29 is 14.3 Å². The molecule has 1 aliphatic carbocycles. The van der Waals surface area contributed by atoms with Gasteiger partial charge in [0.2, 0.25) is 5.91 Å². The molecule has 0 bridgehead atoms. The zero-order valence-corrected chi connectivity index (χ0v) is 16.6. The molecule has 0 spiro atoms. The molecule has 0 aliphatic heterocycles. The number of aromatic nitrogens is 2. The van der Waals surface area contributed by atoms with E-state index in [1.54, 1.807) is 41.0 Å². The molecule has 0 saturated heterocycles. The van der Waals surface area contributed by atoms with E-state index in [0.717, 1.165) is 24.6 Å². The summed E-state index contributed by atoms with van der Waals surface area (Å²) in [6.45, 7) is 0. The van der Waals surface area contributed by atoms with Crippen LogP contribution in [0.4, 0.5) is 0 Å². The lowest BCUT2D eigenvalue weighted by Crippen LogP contribution is -2.32. The Balaban J connectivity index is 1.51. The number of hydrogen-bond acceptors (Lipinski definition) is 6. The number of nitrogens with zero attached hydrogens (tertiary/aromatic N) is 2. The molecule has 29 heavy (non-hydrogen) atoms. The van der Waals surface area contributed by atoms with Gasteiger partial charge in [-0.3, -0.25) is 24.3 Å². The Morgan fingerprint density at radius 2 is 1.90 bits per heavy atom. The number of methoxy groups -OCH3 is 1. The van der Waals surface area contributed by atoms with Gasteiger partial charge in [-0.05, 0) is 37.1 Å². The van der Waals surface area contributed by atoms with Crippen molar-refractivity contribution in [2.45, 2.75) is 24.0 Å². The normalized spacial score (nSPS) is 13.3. The summed E-state index contributed by atoms with van der Waals surface area (Å²) in [6, 6.07) is 14.0. The first-order valence-corrected chi connectivity index (χ1v) is 10.2. The molecule has 148 valence electrons. The summed E-state index contributed by atoms with van der Waals surface area (Å²) in [5, 5.41) is 3.43. The number of thioether (sulfide) groups is 1. The van der Waals surface area contributed by atoms with Crippen LogP contribution < -0.4 is 15.6 Å². The van der Waals surface area contributed by atoms with Crippen LogP contribution in [0.1, 0.15) is 29.2 Å². The number of amides is 2. The average molecular weight is 409 g/mol. The molecule has 0 radical (unpaired) electrons. The predicted molar refractivity (Wildman–Crippen MR) is 110 cm³/mol. The number of imide groups is 1. The summed E-state index contributed by atoms with van der Waals surface area (Å²) >= 11 is 1.16. The summed E-state index contributed by atoms with van der Waals surface area (Å²) < 4.78 is 6.82. The van der Waals surface area contributed by atoms with Crippen LogP contribution >= 0.6 is 11.8 Å². The lowest BCUT2D eigenvalue weighted by atomic mass is 10.2. The van der Waals surface area contributed by atoms with Crippen LogP contribution in [0.3, 0.4) is 0 Å². The lowest BCUT2D eigenvalue weighted by molar-refractivity contribution is -0.117. The Kier molecular flexibility index (Phi) is 5.35. The summed E-state index contributed by atoms with van der Waals surface area (Å²) in [6.07, 6.45) is 1.85. The van der Waals surface area contributed by atoms with Crippen LogP contribution in [0, 0.1) is 0 Å². The number of carbonyl (C=O) groups excluding carboxylic acids is 2. The van der Waals surface area contributed by atoms with Crippen molar-refractivity contribution in [3.63, 3.8) is 0 Å². The molecular weight excluding hydrogens is 390 g/mol. The van der Waals surface area contributed by atoms with Crippen molar-refractivity contribution >= 4 is 34.5 Å². The Labute approximate surface area is 171 Å². The summed E-state index contributed by atoms with van der Waals surface area (Å²) in [4.78, 5) is 42.1. The van der Waals surface area contributed by atoms with Gasteiger partial charge in [-0.1, -0.05) is 36.0 Å². The zero-order valence-electron chi connectivity index (χ0n) is 15.8. The minimum atomic E-state index is -0.529. The highest BCUT2D eigenvalue weighted by molar-refractivity contribution is 7.99. The van der Waals surface area contributed by atoms with Crippen LogP contribution in [-0.4, -0.2) is 34.2 Å². The SMILES string of the molecule is COc1ccccc1C(=O)NC(=O)CSc1nc2ccccc2c(=O)n1C1CC1. The number of carbonyl (C=O) groups is 2. The third kappa shape index (κ3) is 4.02. The van der Waals surface area contributed by atoms with E-state index in [2.05, 4.69) is 10.3 Å². The van der Waals surface area contributed by atoms with Gasteiger partial charge in [0.25, 0.3) is 11.5 Å².